The van der Waals surface area contributed by atoms with Crippen molar-refractivity contribution in [3.05, 3.63) is 30.0 Å². The fourth-order valence-corrected chi connectivity index (χ4v) is 1.86. The molecule has 0 spiro atoms. The third kappa shape index (κ3) is 2.25. The van der Waals surface area contributed by atoms with Gasteiger partial charge in [-0.05, 0) is 44.9 Å². The lowest BCUT2D eigenvalue weighted by molar-refractivity contribution is 0.537. The van der Waals surface area contributed by atoms with Crippen LogP contribution in [-0.4, -0.2) is 15.8 Å². The zero-order valence-electron chi connectivity index (χ0n) is 10.1. The molecule has 0 fully saturated rings. The van der Waals surface area contributed by atoms with Crippen LogP contribution in [0.25, 0.3) is 10.9 Å². The van der Waals surface area contributed by atoms with Gasteiger partial charge in [0.2, 0.25) is 0 Å². The van der Waals surface area contributed by atoms with Crippen molar-refractivity contribution in [2.24, 2.45) is 5.73 Å². The summed E-state index contributed by atoms with van der Waals surface area (Å²) in [6.07, 6.45) is 3.02. The maximum absolute atomic E-state index is 5.80. The highest BCUT2D eigenvalue weighted by molar-refractivity contribution is 5.78. The Morgan fingerprint density at radius 2 is 2.06 bits per heavy atom. The number of nitrogens with zero attached hydrogens (tertiary/aromatic N) is 2. The van der Waals surface area contributed by atoms with E-state index in [4.69, 9.17) is 5.73 Å². The molecule has 1 atom stereocenters. The van der Waals surface area contributed by atoms with Crippen LogP contribution in [0.2, 0.25) is 0 Å². The molecule has 0 bridgehead atoms. The van der Waals surface area contributed by atoms with Gasteiger partial charge >= 0.3 is 0 Å². The number of nitrogens with two attached hydrogens (primary N) is 1. The molecule has 1 aromatic carbocycles. The Bertz CT molecular complexity index is 483. The Morgan fingerprint density at radius 3 is 2.69 bits per heavy atom. The summed E-state index contributed by atoms with van der Waals surface area (Å²) in [6.45, 7) is 6.30. The van der Waals surface area contributed by atoms with E-state index >= 15 is 0 Å². The van der Waals surface area contributed by atoms with Gasteiger partial charge in [0, 0.05) is 23.7 Å². The van der Waals surface area contributed by atoms with Gasteiger partial charge in [-0.2, -0.15) is 5.10 Å². The van der Waals surface area contributed by atoms with Crippen LogP contribution in [0.4, 0.5) is 0 Å². The van der Waals surface area contributed by atoms with Gasteiger partial charge in [-0.25, -0.2) is 0 Å². The molecular weight excluding hydrogens is 198 g/mol. The monoisotopic (exact) mass is 217 g/mol. The van der Waals surface area contributed by atoms with Crippen LogP contribution in [0.5, 0.6) is 0 Å². The smallest absolute Gasteiger partial charge is 0.0923 e. The number of hydrogen-bond donors (Lipinski definition) is 1. The van der Waals surface area contributed by atoms with E-state index in [0.717, 1.165) is 11.9 Å². The summed E-state index contributed by atoms with van der Waals surface area (Å²) < 4.78 is 2.00. The lowest BCUT2D eigenvalue weighted by Crippen LogP contribution is -2.17. The fourth-order valence-electron chi connectivity index (χ4n) is 1.86. The summed E-state index contributed by atoms with van der Waals surface area (Å²) in [7, 11) is 0. The van der Waals surface area contributed by atoms with Gasteiger partial charge in [-0.3, -0.25) is 4.68 Å². The summed E-state index contributed by atoms with van der Waals surface area (Å²) in [6, 6.07) is 6.99. The van der Waals surface area contributed by atoms with Crippen LogP contribution >= 0.6 is 0 Å². The molecule has 0 radical (unpaired) electrons. The number of fused-ring (bicyclic) bond motifs is 1. The molecule has 1 aromatic heterocycles. The van der Waals surface area contributed by atoms with E-state index in [0.29, 0.717) is 6.04 Å². The molecule has 0 saturated heterocycles. The van der Waals surface area contributed by atoms with Crippen molar-refractivity contribution in [1.29, 1.82) is 0 Å². The van der Waals surface area contributed by atoms with E-state index in [9.17, 15) is 0 Å². The largest absolute Gasteiger partial charge is 0.328 e. The summed E-state index contributed by atoms with van der Waals surface area (Å²) in [5.41, 5.74) is 8.14. The van der Waals surface area contributed by atoms with Crippen LogP contribution in [0, 0.1) is 0 Å². The summed E-state index contributed by atoms with van der Waals surface area (Å²) in [5, 5.41) is 5.72. The minimum atomic E-state index is 0.206. The topological polar surface area (TPSA) is 43.8 Å². The van der Waals surface area contributed by atoms with E-state index in [1.807, 2.05) is 11.6 Å². The number of aromatic nitrogens is 2. The van der Waals surface area contributed by atoms with Crippen LogP contribution in [0.3, 0.4) is 0 Å². The van der Waals surface area contributed by atoms with Crippen LogP contribution in [0.1, 0.15) is 32.4 Å². The van der Waals surface area contributed by atoms with E-state index in [1.165, 1.54) is 10.9 Å². The summed E-state index contributed by atoms with van der Waals surface area (Å²) in [4.78, 5) is 0. The molecular formula is C13H19N3. The standard InChI is InChI=1S/C13H19N3/c1-9(2)16-8-12-7-11(6-10(3)14)4-5-13(12)15-16/h4-5,7-10H,6,14H2,1-3H3. The molecule has 0 saturated carbocycles. The molecule has 0 aliphatic carbocycles. The van der Waals surface area contributed by atoms with Crippen LogP contribution in [-0.2, 0) is 6.42 Å². The van der Waals surface area contributed by atoms with Crippen molar-refractivity contribution in [2.75, 3.05) is 0 Å². The van der Waals surface area contributed by atoms with Gasteiger partial charge in [-0.1, -0.05) is 6.07 Å². The third-order valence-electron chi connectivity index (χ3n) is 2.67. The van der Waals surface area contributed by atoms with E-state index in [2.05, 4.69) is 43.3 Å². The average Bonchev–Trinajstić information content (AvgIpc) is 2.59. The third-order valence-corrected chi connectivity index (χ3v) is 2.67. The minimum Gasteiger partial charge on any atom is -0.328 e. The van der Waals surface area contributed by atoms with Gasteiger partial charge in [0.05, 0.1) is 5.52 Å². The highest BCUT2D eigenvalue weighted by Crippen LogP contribution is 2.17. The first kappa shape index (κ1) is 11.1. The lowest BCUT2D eigenvalue weighted by Gasteiger charge is -2.04. The fraction of sp³-hybridized carbons (Fsp3) is 0.462. The number of hydrogen-bond acceptors (Lipinski definition) is 2. The first-order chi connectivity index (χ1) is 7.56. The Morgan fingerprint density at radius 1 is 1.31 bits per heavy atom. The van der Waals surface area contributed by atoms with Crippen molar-refractivity contribution in [2.45, 2.75) is 39.3 Å². The SMILES string of the molecule is CC(N)Cc1ccc2nn(C(C)C)cc2c1. The molecule has 0 amide bonds. The molecule has 3 nitrogen and oxygen atoms in total. The summed E-state index contributed by atoms with van der Waals surface area (Å²) in [5.74, 6) is 0. The Labute approximate surface area is 96.2 Å². The van der Waals surface area contributed by atoms with Gasteiger partial charge < -0.3 is 5.73 Å². The van der Waals surface area contributed by atoms with Crippen LogP contribution in [0.15, 0.2) is 24.4 Å². The van der Waals surface area contributed by atoms with Gasteiger partial charge in [0.15, 0.2) is 0 Å². The Hall–Kier alpha value is -1.35. The minimum absolute atomic E-state index is 0.206. The van der Waals surface area contributed by atoms with Crippen LogP contribution < -0.4 is 5.73 Å². The molecule has 2 N–H and O–H groups in total. The maximum Gasteiger partial charge on any atom is 0.0923 e. The highest BCUT2D eigenvalue weighted by Gasteiger charge is 2.05. The number of rotatable bonds is 3. The Balaban J connectivity index is 2.38. The molecule has 2 rings (SSSR count). The Kier molecular flexibility index (Phi) is 2.97. The molecule has 16 heavy (non-hydrogen) atoms. The first-order valence-corrected chi connectivity index (χ1v) is 5.79. The zero-order valence-corrected chi connectivity index (χ0v) is 10.1. The van der Waals surface area contributed by atoms with Gasteiger partial charge in [-0.15, -0.1) is 0 Å². The van der Waals surface area contributed by atoms with Gasteiger partial charge in [0.1, 0.15) is 0 Å². The predicted molar refractivity (Wildman–Crippen MR) is 67.5 cm³/mol. The zero-order chi connectivity index (χ0) is 11.7. The van der Waals surface area contributed by atoms with Crippen molar-refractivity contribution < 1.29 is 0 Å². The molecule has 1 unspecified atom stereocenters. The molecule has 1 heterocycles. The maximum atomic E-state index is 5.80. The second-order valence-electron chi connectivity index (χ2n) is 4.78. The molecule has 3 heteroatoms. The number of benzene rings is 1. The first-order valence-electron chi connectivity index (χ1n) is 5.79. The second-order valence-corrected chi connectivity index (χ2v) is 4.78. The molecule has 86 valence electrons. The van der Waals surface area contributed by atoms with Gasteiger partial charge in [0.25, 0.3) is 0 Å². The van der Waals surface area contributed by atoms with Crippen molar-refractivity contribution >= 4 is 10.9 Å². The predicted octanol–water partition coefficient (Wildman–Crippen LogP) is 2.51. The van der Waals surface area contributed by atoms with Crippen molar-refractivity contribution in [3.8, 4) is 0 Å². The van der Waals surface area contributed by atoms with E-state index in [-0.39, 0.29) is 6.04 Å². The lowest BCUT2D eigenvalue weighted by atomic mass is 10.1. The average molecular weight is 217 g/mol. The molecule has 0 aliphatic rings. The molecule has 2 aromatic rings. The highest BCUT2D eigenvalue weighted by atomic mass is 15.3. The van der Waals surface area contributed by atoms with E-state index in [1.54, 1.807) is 0 Å². The van der Waals surface area contributed by atoms with Crippen molar-refractivity contribution in [3.63, 3.8) is 0 Å². The second kappa shape index (κ2) is 4.26. The molecule has 0 aliphatic heterocycles. The van der Waals surface area contributed by atoms with Crippen molar-refractivity contribution in [1.82, 2.24) is 9.78 Å². The summed E-state index contributed by atoms with van der Waals surface area (Å²) >= 11 is 0. The normalized spacial score (nSPS) is 13.6. The van der Waals surface area contributed by atoms with E-state index < -0.39 is 0 Å². The quantitative estimate of drug-likeness (QED) is 0.858.